The number of pyridine rings is 1. The summed E-state index contributed by atoms with van der Waals surface area (Å²) in [7, 11) is 1.67. The lowest BCUT2D eigenvalue weighted by molar-refractivity contribution is 0.416. The van der Waals surface area contributed by atoms with Gasteiger partial charge >= 0.3 is 0 Å². The number of aromatic amines is 1. The summed E-state index contributed by atoms with van der Waals surface area (Å²) < 4.78 is 5.48. The van der Waals surface area contributed by atoms with E-state index in [9.17, 15) is 0 Å². The SMILES string of the molecule is COc1ccc(-c2cc3nnccc3[nH]2)cc1-c1ccccn1. The smallest absolute Gasteiger partial charge is 0.128 e. The zero-order valence-electron chi connectivity index (χ0n) is 12.5. The molecule has 0 bridgehead atoms. The van der Waals surface area contributed by atoms with E-state index in [1.165, 1.54) is 0 Å². The first-order valence-corrected chi connectivity index (χ1v) is 7.25. The number of ether oxygens (including phenoxy) is 1. The molecule has 1 aromatic carbocycles. The molecule has 4 rings (SSSR count). The zero-order valence-corrected chi connectivity index (χ0v) is 12.5. The second kappa shape index (κ2) is 5.53. The van der Waals surface area contributed by atoms with Crippen molar-refractivity contribution in [2.45, 2.75) is 0 Å². The first kappa shape index (κ1) is 13.5. The fraction of sp³-hybridized carbons (Fsp3) is 0.0556. The third-order valence-electron chi connectivity index (χ3n) is 3.75. The Morgan fingerprint density at radius 1 is 1.00 bits per heavy atom. The Balaban J connectivity index is 1.86. The first-order valence-electron chi connectivity index (χ1n) is 7.25. The number of nitrogens with one attached hydrogen (secondary N) is 1. The maximum absolute atomic E-state index is 5.48. The standard InChI is InChI=1S/C18H14N4O/c1-23-18-6-5-12(10-13(18)14-4-2-3-8-19-14)16-11-17-15(21-16)7-9-20-22-17/h2-11,21H,1H3. The molecule has 112 valence electrons. The van der Waals surface area contributed by atoms with Gasteiger partial charge in [0.15, 0.2) is 0 Å². The van der Waals surface area contributed by atoms with E-state index < -0.39 is 0 Å². The lowest BCUT2D eigenvalue weighted by Gasteiger charge is -2.09. The van der Waals surface area contributed by atoms with E-state index in [0.717, 1.165) is 39.3 Å². The molecule has 0 aliphatic rings. The van der Waals surface area contributed by atoms with Crippen molar-refractivity contribution in [3.05, 3.63) is 60.9 Å². The van der Waals surface area contributed by atoms with E-state index in [4.69, 9.17) is 4.74 Å². The van der Waals surface area contributed by atoms with Crippen LogP contribution in [0.3, 0.4) is 0 Å². The van der Waals surface area contributed by atoms with Crippen molar-refractivity contribution < 1.29 is 4.74 Å². The number of rotatable bonds is 3. The Morgan fingerprint density at radius 2 is 1.96 bits per heavy atom. The number of H-pyrrole nitrogens is 1. The second-order valence-electron chi connectivity index (χ2n) is 5.14. The minimum absolute atomic E-state index is 0.795. The third kappa shape index (κ3) is 2.42. The summed E-state index contributed by atoms with van der Waals surface area (Å²) in [6.45, 7) is 0. The average Bonchev–Trinajstić information content (AvgIpc) is 3.06. The van der Waals surface area contributed by atoms with Crippen molar-refractivity contribution in [3.8, 4) is 28.3 Å². The van der Waals surface area contributed by atoms with Crippen LogP contribution in [0, 0.1) is 0 Å². The molecule has 1 N–H and O–H groups in total. The summed E-state index contributed by atoms with van der Waals surface area (Å²) in [6.07, 6.45) is 3.45. The lowest BCUT2D eigenvalue weighted by Crippen LogP contribution is -1.91. The van der Waals surface area contributed by atoms with Gasteiger partial charge in [-0.1, -0.05) is 6.07 Å². The number of aromatic nitrogens is 4. The molecule has 3 aromatic heterocycles. The van der Waals surface area contributed by atoms with Crippen LogP contribution in [-0.4, -0.2) is 27.3 Å². The minimum Gasteiger partial charge on any atom is -0.496 e. The maximum atomic E-state index is 5.48. The van der Waals surface area contributed by atoms with Crippen molar-refractivity contribution in [1.29, 1.82) is 0 Å². The van der Waals surface area contributed by atoms with Gasteiger partial charge in [-0.3, -0.25) is 4.98 Å². The van der Waals surface area contributed by atoms with Gasteiger partial charge in [-0.15, -0.1) is 5.10 Å². The van der Waals surface area contributed by atoms with E-state index in [2.05, 4.69) is 26.2 Å². The summed E-state index contributed by atoms with van der Waals surface area (Å²) in [5.74, 6) is 0.795. The van der Waals surface area contributed by atoms with Gasteiger partial charge in [-0.05, 0) is 48.0 Å². The monoisotopic (exact) mass is 302 g/mol. The molecule has 0 atom stereocenters. The highest BCUT2D eigenvalue weighted by Crippen LogP contribution is 2.33. The molecule has 4 aromatic rings. The molecule has 0 unspecified atom stereocenters. The van der Waals surface area contributed by atoms with Crippen molar-refractivity contribution in [3.63, 3.8) is 0 Å². The Morgan fingerprint density at radius 3 is 2.74 bits per heavy atom. The molecular weight excluding hydrogens is 288 g/mol. The molecule has 0 radical (unpaired) electrons. The highest BCUT2D eigenvalue weighted by atomic mass is 16.5. The highest BCUT2D eigenvalue weighted by Gasteiger charge is 2.11. The largest absolute Gasteiger partial charge is 0.496 e. The first-order chi connectivity index (χ1) is 11.3. The van der Waals surface area contributed by atoms with Crippen LogP contribution in [0.4, 0.5) is 0 Å². The molecule has 0 fully saturated rings. The number of methoxy groups -OCH3 is 1. The molecule has 0 saturated heterocycles. The average molecular weight is 302 g/mol. The van der Waals surface area contributed by atoms with E-state index in [1.807, 2.05) is 42.5 Å². The van der Waals surface area contributed by atoms with Crippen LogP contribution in [0.5, 0.6) is 5.75 Å². The van der Waals surface area contributed by atoms with Gasteiger partial charge in [0.2, 0.25) is 0 Å². The van der Waals surface area contributed by atoms with Crippen LogP contribution < -0.4 is 4.74 Å². The zero-order chi connectivity index (χ0) is 15.6. The van der Waals surface area contributed by atoms with Crippen molar-refractivity contribution in [2.75, 3.05) is 7.11 Å². The molecule has 23 heavy (non-hydrogen) atoms. The van der Waals surface area contributed by atoms with Crippen LogP contribution in [0.2, 0.25) is 0 Å². The quantitative estimate of drug-likeness (QED) is 0.627. The summed E-state index contributed by atoms with van der Waals surface area (Å²) in [5.41, 5.74) is 5.67. The topological polar surface area (TPSA) is 63.7 Å². The number of nitrogens with zero attached hydrogens (tertiary/aromatic N) is 3. The van der Waals surface area contributed by atoms with E-state index >= 15 is 0 Å². The number of benzene rings is 1. The molecule has 3 heterocycles. The summed E-state index contributed by atoms with van der Waals surface area (Å²) in [4.78, 5) is 7.79. The maximum Gasteiger partial charge on any atom is 0.128 e. The lowest BCUT2D eigenvalue weighted by atomic mass is 10.0. The molecular formula is C18H14N4O. The van der Waals surface area contributed by atoms with Gasteiger partial charge in [0.05, 0.1) is 24.5 Å². The Bertz CT molecular complexity index is 930. The summed E-state index contributed by atoms with van der Waals surface area (Å²) in [6, 6.07) is 15.8. The second-order valence-corrected chi connectivity index (χ2v) is 5.14. The van der Waals surface area contributed by atoms with Gasteiger partial charge in [0, 0.05) is 17.5 Å². The molecule has 5 nitrogen and oxygen atoms in total. The van der Waals surface area contributed by atoms with Crippen molar-refractivity contribution in [2.24, 2.45) is 0 Å². The van der Waals surface area contributed by atoms with Crippen LogP contribution in [-0.2, 0) is 0 Å². The predicted octanol–water partition coefficient (Wildman–Crippen LogP) is 3.70. The molecule has 5 heteroatoms. The Kier molecular flexibility index (Phi) is 3.24. The van der Waals surface area contributed by atoms with Crippen molar-refractivity contribution >= 4 is 11.0 Å². The fourth-order valence-corrected chi connectivity index (χ4v) is 2.63. The summed E-state index contributed by atoms with van der Waals surface area (Å²) >= 11 is 0. The minimum atomic E-state index is 0.795. The molecule has 0 aliphatic heterocycles. The van der Waals surface area contributed by atoms with Gasteiger partial charge in [-0.25, -0.2) is 0 Å². The predicted molar refractivity (Wildman–Crippen MR) is 89.1 cm³/mol. The van der Waals surface area contributed by atoms with Crippen LogP contribution in [0.15, 0.2) is 60.9 Å². The number of hydrogen-bond donors (Lipinski definition) is 1. The van der Waals surface area contributed by atoms with Gasteiger partial charge in [0.1, 0.15) is 11.3 Å². The molecule has 0 aliphatic carbocycles. The van der Waals surface area contributed by atoms with Gasteiger partial charge < -0.3 is 9.72 Å². The van der Waals surface area contributed by atoms with E-state index in [-0.39, 0.29) is 0 Å². The van der Waals surface area contributed by atoms with Crippen LogP contribution in [0.1, 0.15) is 0 Å². The molecule has 0 spiro atoms. The van der Waals surface area contributed by atoms with Crippen LogP contribution in [0.25, 0.3) is 33.5 Å². The number of hydrogen-bond acceptors (Lipinski definition) is 4. The fourth-order valence-electron chi connectivity index (χ4n) is 2.63. The van der Waals surface area contributed by atoms with Gasteiger partial charge in [0.25, 0.3) is 0 Å². The highest BCUT2D eigenvalue weighted by molar-refractivity contribution is 5.83. The van der Waals surface area contributed by atoms with E-state index in [1.54, 1.807) is 19.5 Å². The third-order valence-corrected chi connectivity index (χ3v) is 3.75. The Hall–Kier alpha value is -3.21. The number of fused-ring (bicyclic) bond motifs is 1. The Labute approximate surface area is 133 Å². The molecule has 0 amide bonds. The van der Waals surface area contributed by atoms with Gasteiger partial charge in [-0.2, -0.15) is 5.10 Å². The van der Waals surface area contributed by atoms with Crippen LogP contribution >= 0.6 is 0 Å². The van der Waals surface area contributed by atoms with Crippen molar-refractivity contribution in [1.82, 2.24) is 20.2 Å². The summed E-state index contributed by atoms with van der Waals surface area (Å²) in [5, 5.41) is 8.04. The molecule has 0 saturated carbocycles. The van der Waals surface area contributed by atoms with E-state index in [0.29, 0.717) is 0 Å². The normalized spacial score (nSPS) is 10.8.